The van der Waals surface area contributed by atoms with Crippen LogP contribution in [-0.4, -0.2) is 36.4 Å². The molecule has 1 N–H and O–H groups in total. The largest absolute Gasteiger partial charge is 0.493 e. The monoisotopic (exact) mass is 328 g/mol. The lowest BCUT2D eigenvalue weighted by Crippen LogP contribution is -2.38. The Morgan fingerprint density at radius 2 is 1.79 bits per heavy atom. The van der Waals surface area contributed by atoms with Crippen molar-refractivity contribution in [3.05, 3.63) is 48.2 Å². The summed E-state index contributed by atoms with van der Waals surface area (Å²) in [5, 5.41) is 9.69. The molecule has 1 aromatic heterocycles. The molecule has 0 saturated carbocycles. The summed E-state index contributed by atoms with van der Waals surface area (Å²) in [7, 11) is 1.66. The molecule has 1 aromatic carbocycles. The molecule has 1 aliphatic rings. The maximum atomic E-state index is 9.69. The highest BCUT2D eigenvalue weighted by atomic mass is 16.5. The van der Waals surface area contributed by atoms with Crippen LogP contribution in [0.15, 0.2) is 42.5 Å². The number of piperidine rings is 1. The number of aliphatic hydroxyl groups excluding tert-OH is 1. The molecule has 5 nitrogen and oxygen atoms in total. The standard InChI is InChI=1S/C19H24N2O3/c1-14(22)16-6-5-9-19(20-16)21-12-10-15(11-13-21)24-18-8-4-3-7-17(18)23-2/h3-9,14-15,22H,10-13H2,1-2H3. The number of para-hydroxylation sites is 2. The van der Waals surface area contributed by atoms with Crippen LogP contribution < -0.4 is 14.4 Å². The molecule has 0 amide bonds. The molecule has 2 heterocycles. The third-order valence-electron chi connectivity index (χ3n) is 4.31. The van der Waals surface area contributed by atoms with E-state index in [9.17, 15) is 5.11 Å². The molecular weight excluding hydrogens is 304 g/mol. The SMILES string of the molecule is COc1ccccc1OC1CCN(c2cccc(C(C)O)n2)CC1. The first kappa shape index (κ1) is 16.6. The molecule has 0 bridgehead atoms. The quantitative estimate of drug-likeness (QED) is 0.913. The summed E-state index contributed by atoms with van der Waals surface area (Å²) in [5.41, 5.74) is 0.708. The van der Waals surface area contributed by atoms with Gasteiger partial charge in [0, 0.05) is 25.9 Å². The summed E-state index contributed by atoms with van der Waals surface area (Å²) in [6.45, 7) is 3.51. The normalized spacial score (nSPS) is 16.7. The van der Waals surface area contributed by atoms with E-state index < -0.39 is 6.10 Å². The topological polar surface area (TPSA) is 54.8 Å². The van der Waals surface area contributed by atoms with Crippen LogP contribution >= 0.6 is 0 Å². The minimum Gasteiger partial charge on any atom is -0.493 e. The van der Waals surface area contributed by atoms with Gasteiger partial charge < -0.3 is 19.5 Å². The van der Waals surface area contributed by atoms with E-state index >= 15 is 0 Å². The molecule has 0 spiro atoms. The molecule has 5 heteroatoms. The van der Waals surface area contributed by atoms with E-state index in [1.807, 2.05) is 42.5 Å². The summed E-state index contributed by atoms with van der Waals surface area (Å²) in [5.74, 6) is 2.49. The lowest BCUT2D eigenvalue weighted by Gasteiger charge is -2.33. The van der Waals surface area contributed by atoms with Crippen molar-refractivity contribution in [2.75, 3.05) is 25.1 Å². The maximum Gasteiger partial charge on any atom is 0.161 e. The molecule has 3 rings (SSSR count). The predicted molar refractivity (Wildman–Crippen MR) is 93.7 cm³/mol. The van der Waals surface area contributed by atoms with Crippen molar-refractivity contribution in [3.8, 4) is 11.5 Å². The Hall–Kier alpha value is -2.27. The van der Waals surface area contributed by atoms with Crippen molar-refractivity contribution in [1.82, 2.24) is 4.98 Å². The zero-order chi connectivity index (χ0) is 16.9. The van der Waals surface area contributed by atoms with Gasteiger partial charge in [0.2, 0.25) is 0 Å². The minimum absolute atomic E-state index is 0.178. The van der Waals surface area contributed by atoms with Crippen LogP contribution in [0.25, 0.3) is 0 Å². The van der Waals surface area contributed by atoms with Crippen LogP contribution in [0.5, 0.6) is 11.5 Å². The summed E-state index contributed by atoms with van der Waals surface area (Å²) in [6, 6.07) is 13.5. The second-order valence-corrected chi connectivity index (χ2v) is 6.05. The molecule has 128 valence electrons. The van der Waals surface area contributed by atoms with Crippen molar-refractivity contribution in [2.45, 2.75) is 32.0 Å². The van der Waals surface area contributed by atoms with Gasteiger partial charge in [0.15, 0.2) is 11.5 Å². The molecule has 0 radical (unpaired) electrons. The lowest BCUT2D eigenvalue weighted by atomic mass is 10.1. The van der Waals surface area contributed by atoms with Crippen LogP contribution in [0, 0.1) is 0 Å². The molecule has 24 heavy (non-hydrogen) atoms. The van der Waals surface area contributed by atoms with Crippen LogP contribution in [0.3, 0.4) is 0 Å². The molecular formula is C19H24N2O3. The first-order chi connectivity index (χ1) is 11.7. The zero-order valence-electron chi connectivity index (χ0n) is 14.2. The van der Waals surface area contributed by atoms with Gasteiger partial charge in [0.05, 0.1) is 18.9 Å². The Morgan fingerprint density at radius 3 is 2.46 bits per heavy atom. The number of anilines is 1. The van der Waals surface area contributed by atoms with Gasteiger partial charge in [-0.05, 0) is 31.2 Å². The molecule has 1 atom stereocenters. The molecule has 1 saturated heterocycles. The Labute approximate surface area is 142 Å². The van der Waals surface area contributed by atoms with E-state index in [1.165, 1.54) is 0 Å². The third-order valence-corrected chi connectivity index (χ3v) is 4.31. The highest BCUT2D eigenvalue weighted by Gasteiger charge is 2.22. The smallest absolute Gasteiger partial charge is 0.161 e. The number of rotatable bonds is 5. The number of hydrogen-bond acceptors (Lipinski definition) is 5. The second-order valence-electron chi connectivity index (χ2n) is 6.05. The van der Waals surface area contributed by atoms with Crippen molar-refractivity contribution in [3.63, 3.8) is 0 Å². The van der Waals surface area contributed by atoms with E-state index in [4.69, 9.17) is 9.47 Å². The van der Waals surface area contributed by atoms with Crippen molar-refractivity contribution >= 4 is 5.82 Å². The van der Waals surface area contributed by atoms with E-state index in [0.29, 0.717) is 5.69 Å². The van der Waals surface area contributed by atoms with Crippen LogP contribution in [0.2, 0.25) is 0 Å². The highest BCUT2D eigenvalue weighted by Crippen LogP contribution is 2.29. The van der Waals surface area contributed by atoms with E-state index in [1.54, 1.807) is 14.0 Å². The Bertz CT molecular complexity index is 667. The molecule has 1 aliphatic heterocycles. The number of aliphatic hydroxyl groups is 1. The van der Waals surface area contributed by atoms with Crippen molar-refractivity contribution in [2.24, 2.45) is 0 Å². The van der Waals surface area contributed by atoms with Gasteiger partial charge in [0.25, 0.3) is 0 Å². The van der Waals surface area contributed by atoms with E-state index in [2.05, 4.69) is 9.88 Å². The zero-order valence-corrected chi connectivity index (χ0v) is 14.2. The summed E-state index contributed by atoms with van der Waals surface area (Å²) < 4.78 is 11.5. The first-order valence-corrected chi connectivity index (χ1v) is 8.37. The van der Waals surface area contributed by atoms with Gasteiger partial charge in [-0.1, -0.05) is 18.2 Å². The first-order valence-electron chi connectivity index (χ1n) is 8.37. The van der Waals surface area contributed by atoms with Gasteiger partial charge in [-0.25, -0.2) is 4.98 Å². The second kappa shape index (κ2) is 7.53. The fraction of sp³-hybridized carbons (Fsp3) is 0.421. The molecule has 1 unspecified atom stereocenters. The van der Waals surface area contributed by atoms with Crippen LogP contribution in [-0.2, 0) is 0 Å². The van der Waals surface area contributed by atoms with Crippen molar-refractivity contribution < 1.29 is 14.6 Å². The number of aromatic nitrogens is 1. The highest BCUT2D eigenvalue weighted by molar-refractivity contribution is 5.41. The van der Waals surface area contributed by atoms with Crippen LogP contribution in [0.1, 0.15) is 31.6 Å². The number of nitrogens with zero attached hydrogens (tertiary/aromatic N) is 2. The van der Waals surface area contributed by atoms with Gasteiger partial charge in [-0.15, -0.1) is 0 Å². The number of methoxy groups -OCH3 is 1. The number of ether oxygens (including phenoxy) is 2. The van der Waals surface area contributed by atoms with Crippen molar-refractivity contribution in [1.29, 1.82) is 0 Å². The number of benzene rings is 1. The Balaban J connectivity index is 1.61. The average molecular weight is 328 g/mol. The Morgan fingerprint density at radius 1 is 1.08 bits per heavy atom. The molecule has 1 fully saturated rings. The molecule has 2 aromatic rings. The third kappa shape index (κ3) is 3.79. The Kier molecular flexibility index (Phi) is 5.20. The maximum absolute atomic E-state index is 9.69. The minimum atomic E-state index is -0.545. The predicted octanol–water partition coefficient (Wildman–Crippen LogP) is 3.19. The molecule has 0 aliphatic carbocycles. The lowest BCUT2D eigenvalue weighted by molar-refractivity contribution is 0.164. The summed E-state index contributed by atoms with van der Waals surface area (Å²) in [4.78, 5) is 6.79. The fourth-order valence-corrected chi connectivity index (χ4v) is 2.95. The summed E-state index contributed by atoms with van der Waals surface area (Å²) in [6.07, 6.45) is 1.49. The average Bonchev–Trinajstić information content (AvgIpc) is 2.63. The summed E-state index contributed by atoms with van der Waals surface area (Å²) >= 11 is 0. The van der Waals surface area contributed by atoms with Gasteiger partial charge in [-0.3, -0.25) is 0 Å². The number of hydrogen-bond donors (Lipinski definition) is 1. The van der Waals surface area contributed by atoms with E-state index in [-0.39, 0.29) is 6.10 Å². The fourth-order valence-electron chi connectivity index (χ4n) is 2.95. The van der Waals surface area contributed by atoms with Crippen LogP contribution in [0.4, 0.5) is 5.82 Å². The number of pyridine rings is 1. The van der Waals surface area contributed by atoms with Gasteiger partial charge in [0.1, 0.15) is 11.9 Å². The van der Waals surface area contributed by atoms with Gasteiger partial charge >= 0.3 is 0 Å². The van der Waals surface area contributed by atoms with Gasteiger partial charge in [-0.2, -0.15) is 0 Å². The van der Waals surface area contributed by atoms with E-state index in [0.717, 1.165) is 43.2 Å².